The SMILES string of the molecule is c1ccc(OCCN2CCN(Cc3cccc4nonc34)CC2)cc1. The summed E-state index contributed by atoms with van der Waals surface area (Å²) in [7, 11) is 0. The molecule has 0 radical (unpaired) electrons. The number of nitrogens with zero attached hydrogens (tertiary/aromatic N) is 4. The number of fused-ring (bicyclic) bond motifs is 1. The van der Waals surface area contributed by atoms with Gasteiger partial charge in [0.15, 0.2) is 0 Å². The third-order valence-electron chi connectivity index (χ3n) is 4.65. The molecule has 0 aliphatic carbocycles. The lowest BCUT2D eigenvalue weighted by atomic mass is 10.1. The molecular weight excluding hydrogens is 316 g/mol. The average Bonchev–Trinajstić information content (AvgIpc) is 3.14. The number of hydrogen-bond acceptors (Lipinski definition) is 6. The molecule has 1 aromatic heterocycles. The van der Waals surface area contributed by atoms with E-state index < -0.39 is 0 Å². The number of rotatable bonds is 6. The molecule has 0 atom stereocenters. The molecule has 6 nitrogen and oxygen atoms in total. The highest BCUT2D eigenvalue weighted by Crippen LogP contribution is 2.17. The Morgan fingerprint density at radius 2 is 1.68 bits per heavy atom. The van der Waals surface area contributed by atoms with E-state index in [2.05, 4.69) is 26.2 Å². The van der Waals surface area contributed by atoms with Crippen LogP contribution in [0.3, 0.4) is 0 Å². The predicted octanol–water partition coefficient (Wildman–Crippen LogP) is 2.42. The summed E-state index contributed by atoms with van der Waals surface area (Å²) in [6, 6.07) is 16.0. The number of benzene rings is 2. The summed E-state index contributed by atoms with van der Waals surface area (Å²) >= 11 is 0. The molecule has 4 rings (SSSR count). The van der Waals surface area contributed by atoms with Gasteiger partial charge < -0.3 is 4.74 Å². The molecule has 0 bridgehead atoms. The van der Waals surface area contributed by atoms with Crippen LogP contribution in [0.5, 0.6) is 5.75 Å². The summed E-state index contributed by atoms with van der Waals surface area (Å²) in [4.78, 5) is 4.91. The van der Waals surface area contributed by atoms with Crippen LogP contribution in [0.25, 0.3) is 11.0 Å². The molecule has 0 unspecified atom stereocenters. The molecule has 6 heteroatoms. The highest BCUT2D eigenvalue weighted by molar-refractivity contribution is 5.76. The quantitative estimate of drug-likeness (QED) is 0.688. The molecule has 3 aromatic rings. The molecule has 0 spiro atoms. The van der Waals surface area contributed by atoms with Crippen LogP contribution < -0.4 is 4.74 Å². The van der Waals surface area contributed by atoms with Crippen molar-refractivity contribution in [2.45, 2.75) is 6.54 Å². The van der Waals surface area contributed by atoms with Crippen molar-refractivity contribution in [3.63, 3.8) is 0 Å². The first-order valence-electron chi connectivity index (χ1n) is 8.71. The molecular formula is C19H22N4O2. The fourth-order valence-corrected chi connectivity index (χ4v) is 3.21. The molecule has 1 saturated heterocycles. The third kappa shape index (κ3) is 3.97. The zero-order chi connectivity index (χ0) is 16.9. The van der Waals surface area contributed by atoms with E-state index in [1.807, 2.05) is 42.5 Å². The van der Waals surface area contributed by atoms with Gasteiger partial charge in [-0.15, -0.1) is 0 Å². The van der Waals surface area contributed by atoms with Gasteiger partial charge in [-0.2, -0.15) is 0 Å². The Morgan fingerprint density at radius 3 is 2.52 bits per heavy atom. The van der Waals surface area contributed by atoms with E-state index in [1.165, 1.54) is 5.56 Å². The van der Waals surface area contributed by atoms with Crippen LogP contribution in [-0.2, 0) is 6.54 Å². The maximum Gasteiger partial charge on any atom is 0.139 e. The Labute approximate surface area is 146 Å². The topological polar surface area (TPSA) is 54.6 Å². The maximum atomic E-state index is 5.79. The van der Waals surface area contributed by atoms with Gasteiger partial charge in [0.2, 0.25) is 0 Å². The lowest BCUT2D eigenvalue weighted by Crippen LogP contribution is -2.47. The van der Waals surface area contributed by atoms with Crippen molar-refractivity contribution in [2.24, 2.45) is 0 Å². The van der Waals surface area contributed by atoms with E-state index in [9.17, 15) is 0 Å². The first-order valence-corrected chi connectivity index (χ1v) is 8.71. The second-order valence-electron chi connectivity index (χ2n) is 6.33. The number of ether oxygens (including phenoxy) is 1. The minimum Gasteiger partial charge on any atom is -0.492 e. The number of piperazine rings is 1. The summed E-state index contributed by atoms with van der Waals surface area (Å²) in [5.41, 5.74) is 2.88. The summed E-state index contributed by atoms with van der Waals surface area (Å²) in [6.45, 7) is 6.80. The molecule has 25 heavy (non-hydrogen) atoms. The summed E-state index contributed by atoms with van der Waals surface area (Å²) in [6.07, 6.45) is 0. The minimum atomic E-state index is 0.730. The molecule has 1 aliphatic heterocycles. The van der Waals surface area contributed by atoms with Crippen LogP contribution in [0, 0.1) is 0 Å². The Morgan fingerprint density at radius 1 is 0.880 bits per heavy atom. The van der Waals surface area contributed by atoms with Gasteiger partial charge >= 0.3 is 0 Å². The fourth-order valence-electron chi connectivity index (χ4n) is 3.21. The zero-order valence-electron chi connectivity index (χ0n) is 14.2. The monoisotopic (exact) mass is 338 g/mol. The molecule has 130 valence electrons. The highest BCUT2D eigenvalue weighted by Gasteiger charge is 2.18. The summed E-state index contributed by atoms with van der Waals surface area (Å²) in [5, 5.41) is 7.95. The largest absolute Gasteiger partial charge is 0.492 e. The number of para-hydroxylation sites is 1. The Bertz CT molecular complexity index is 797. The first kappa shape index (κ1) is 16.1. The Balaban J connectivity index is 1.24. The van der Waals surface area contributed by atoms with Gasteiger partial charge in [-0.1, -0.05) is 30.3 Å². The Kier molecular flexibility index (Phi) is 4.90. The third-order valence-corrected chi connectivity index (χ3v) is 4.65. The van der Waals surface area contributed by atoms with Gasteiger partial charge in [-0.05, 0) is 34.1 Å². The molecule has 2 aromatic carbocycles. The van der Waals surface area contributed by atoms with E-state index in [0.29, 0.717) is 0 Å². The molecule has 1 aliphatic rings. The van der Waals surface area contributed by atoms with Gasteiger partial charge in [0.25, 0.3) is 0 Å². The van der Waals surface area contributed by atoms with Crippen LogP contribution in [0.2, 0.25) is 0 Å². The maximum absolute atomic E-state index is 5.79. The van der Waals surface area contributed by atoms with Crippen LogP contribution in [-0.4, -0.2) is 59.4 Å². The van der Waals surface area contributed by atoms with Crippen molar-refractivity contribution < 1.29 is 9.37 Å². The van der Waals surface area contributed by atoms with Gasteiger partial charge in [-0.25, -0.2) is 4.63 Å². The van der Waals surface area contributed by atoms with E-state index in [1.54, 1.807) is 0 Å². The Hall–Kier alpha value is -2.44. The van der Waals surface area contributed by atoms with Gasteiger partial charge in [0.1, 0.15) is 23.4 Å². The standard InChI is InChI=1S/C19H22N4O2/c1-2-6-17(7-3-1)24-14-13-22-9-11-23(12-10-22)15-16-5-4-8-18-19(16)21-25-20-18/h1-8H,9-15H2. The smallest absolute Gasteiger partial charge is 0.139 e. The van der Waals surface area contributed by atoms with Gasteiger partial charge in [-0.3, -0.25) is 9.80 Å². The molecule has 2 heterocycles. The van der Waals surface area contributed by atoms with Gasteiger partial charge in [0, 0.05) is 39.3 Å². The molecule has 0 amide bonds. The normalized spacial score (nSPS) is 16.3. The second kappa shape index (κ2) is 7.63. The van der Waals surface area contributed by atoms with Crippen molar-refractivity contribution in [1.82, 2.24) is 20.1 Å². The second-order valence-corrected chi connectivity index (χ2v) is 6.33. The summed E-state index contributed by atoms with van der Waals surface area (Å²) in [5.74, 6) is 0.940. The number of aromatic nitrogens is 2. The van der Waals surface area contributed by atoms with E-state index in [-0.39, 0.29) is 0 Å². The van der Waals surface area contributed by atoms with E-state index in [0.717, 1.165) is 62.7 Å². The lowest BCUT2D eigenvalue weighted by molar-refractivity contribution is 0.113. The summed E-state index contributed by atoms with van der Waals surface area (Å²) < 4.78 is 10.6. The first-order chi connectivity index (χ1) is 12.4. The number of hydrogen-bond donors (Lipinski definition) is 0. The predicted molar refractivity (Wildman–Crippen MR) is 95.5 cm³/mol. The zero-order valence-corrected chi connectivity index (χ0v) is 14.2. The van der Waals surface area contributed by atoms with Gasteiger partial charge in [0.05, 0.1) is 0 Å². The molecule has 1 fully saturated rings. The lowest BCUT2D eigenvalue weighted by Gasteiger charge is -2.34. The van der Waals surface area contributed by atoms with E-state index >= 15 is 0 Å². The fraction of sp³-hybridized carbons (Fsp3) is 0.368. The van der Waals surface area contributed by atoms with Crippen molar-refractivity contribution >= 4 is 11.0 Å². The van der Waals surface area contributed by atoms with Crippen LogP contribution in [0.15, 0.2) is 53.2 Å². The minimum absolute atomic E-state index is 0.730. The highest BCUT2D eigenvalue weighted by atomic mass is 16.6. The van der Waals surface area contributed by atoms with Crippen LogP contribution >= 0.6 is 0 Å². The van der Waals surface area contributed by atoms with Crippen LogP contribution in [0.4, 0.5) is 0 Å². The molecule has 0 saturated carbocycles. The van der Waals surface area contributed by atoms with Crippen molar-refractivity contribution in [3.8, 4) is 5.75 Å². The van der Waals surface area contributed by atoms with Crippen molar-refractivity contribution in [2.75, 3.05) is 39.3 Å². The van der Waals surface area contributed by atoms with Crippen LogP contribution in [0.1, 0.15) is 5.56 Å². The average molecular weight is 338 g/mol. The van der Waals surface area contributed by atoms with E-state index in [4.69, 9.17) is 9.37 Å². The van der Waals surface area contributed by atoms with Crippen molar-refractivity contribution in [3.05, 3.63) is 54.1 Å². The van der Waals surface area contributed by atoms with Crippen molar-refractivity contribution in [1.29, 1.82) is 0 Å². The molecule has 0 N–H and O–H groups in total.